The highest BCUT2D eigenvalue weighted by atomic mass is 35.5. The van der Waals surface area contributed by atoms with Gasteiger partial charge in [-0.25, -0.2) is 19.3 Å². The Kier molecular flexibility index (Phi) is 8.15. The Morgan fingerprint density at radius 3 is 2.65 bits per heavy atom. The first-order valence-electron chi connectivity index (χ1n) is 17.4. The highest BCUT2D eigenvalue weighted by Crippen LogP contribution is 2.43. The van der Waals surface area contributed by atoms with E-state index in [1.165, 1.54) is 6.07 Å². The summed E-state index contributed by atoms with van der Waals surface area (Å²) in [6.07, 6.45) is 6.76. The summed E-state index contributed by atoms with van der Waals surface area (Å²) in [6, 6.07) is 12.2. The van der Waals surface area contributed by atoms with Crippen LogP contribution in [0.2, 0.25) is 5.15 Å². The lowest BCUT2D eigenvalue weighted by atomic mass is 9.99. The van der Waals surface area contributed by atoms with Crippen LogP contribution in [0.1, 0.15) is 103 Å². The van der Waals surface area contributed by atoms with Gasteiger partial charge in [0.05, 0.1) is 34.2 Å². The van der Waals surface area contributed by atoms with E-state index in [1.807, 2.05) is 30.5 Å². The van der Waals surface area contributed by atoms with Gasteiger partial charge in [0.1, 0.15) is 22.1 Å². The van der Waals surface area contributed by atoms with Crippen LogP contribution in [0.5, 0.6) is 0 Å². The number of rotatable bonds is 3. The molecule has 2 amide bonds. The number of pyridine rings is 2. The fourth-order valence-electron chi connectivity index (χ4n) is 7.51. The zero-order chi connectivity index (χ0) is 34.0. The van der Waals surface area contributed by atoms with Crippen molar-refractivity contribution in [2.24, 2.45) is 5.73 Å². The molecule has 0 radical (unpaired) electrons. The highest BCUT2D eigenvalue weighted by Gasteiger charge is 2.34. The molecular formula is C37H40ClFN8O2. The molecule has 1 aromatic carbocycles. The van der Waals surface area contributed by atoms with Crippen molar-refractivity contribution in [2.45, 2.75) is 95.9 Å². The number of amides is 2. The van der Waals surface area contributed by atoms with Gasteiger partial charge in [-0.3, -0.25) is 9.59 Å². The molecule has 49 heavy (non-hydrogen) atoms. The molecule has 3 aliphatic rings. The minimum Gasteiger partial charge on any atom is -0.344 e. The lowest BCUT2D eigenvalue weighted by Gasteiger charge is -2.36. The number of nitrogens with zero attached hydrogens (tertiary/aromatic N) is 6. The maximum atomic E-state index is 16.2. The number of carbonyl (C=O) groups is 2. The van der Waals surface area contributed by atoms with Crippen molar-refractivity contribution in [3.8, 4) is 11.5 Å². The molecular weight excluding hydrogens is 643 g/mol. The SMILES string of the molecule is C[C@H]1NC(=O)c2ccc(Cl)nc2CCCCCn2c(-c3nc4cc(C(=O)N5C[C@H](N)CC[C@@H]5C)cc(F)c4n3C3CC3)cc3ccc1nc32. The molecule has 1 saturated carbocycles. The summed E-state index contributed by atoms with van der Waals surface area (Å²) in [6.45, 7) is 5.07. The Bertz CT molecular complexity index is 2120. The first-order chi connectivity index (χ1) is 23.7. The molecule has 8 rings (SSSR count). The summed E-state index contributed by atoms with van der Waals surface area (Å²) in [5.41, 5.74) is 11.0. The highest BCUT2D eigenvalue weighted by molar-refractivity contribution is 6.29. The molecule has 3 atom stereocenters. The Morgan fingerprint density at radius 2 is 1.84 bits per heavy atom. The summed E-state index contributed by atoms with van der Waals surface area (Å²) in [4.78, 5) is 43.4. The molecule has 2 bridgehead atoms. The topological polar surface area (TPSA) is 124 Å². The number of aromatic nitrogens is 5. The van der Waals surface area contributed by atoms with Gasteiger partial charge in [-0.05, 0) is 101 Å². The summed E-state index contributed by atoms with van der Waals surface area (Å²) in [5, 5.41) is 4.41. The van der Waals surface area contributed by atoms with Crippen LogP contribution in [-0.2, 0) is 13.0 Å². The van der Waals surface area contributed by atoms with Crippen LogP contribution in [0.25, 0.3) is 33.6 Å². The fraction of sp³-hybridized carbons (Fsp3) is 0.432. The number of likely N-dealkylation sites (tertiary alicyclic amines) is 1. The van der Waals surface area contributed by atoms with Gasteiger partial charge in [0.15, 0.2) is 5.82 Å². The fourth-order valence-corrected chi connectivity index (χ4v) is 7.68. The van der Waals surface area contributed by atoms with Crippen LogP contribution in [0, 0.1) is 5.82 Å². The minimum absolute atomic E-state index is 0.0348. The number of fused-ring (bicyclic) bond motifs is 3. The van der Waals surface area contributed by atoms with Gasteiger partial charge in [-0.1, -0.05) is 18.0 Å². The van der Waals surface area contributed by atoms with Gasteiger partial charge in [0.25, 0.3) is 11.8 Å². The van der Waals surface area contributed by atoms with Gasteiger partial charge >= 0.3 is 0 Å². The van der Waals surface area contributed by atoms with E-state index in [-0.39, 0.29) is 36.0 Å². The van der Waals surface area contributed by atoms with Crippen LogP contribution in [0.3, 0.4) is 0 Å². The van der Waals surface area contributed by atoms with Crippen molar-refractivity contribution in [2.75, 3.05) is 6.54 Å². The number of carbonyl (C=O) groups excluding carboxylic acids is 2. The molecule has 10 nitrogen and oxygen atoms in total. The van der Waals surface area contributed by atoms with E-state index in [9.17, 15) is 9.59 Å². The molecule has 12 heteroatoms. The van der Waals surface area contributed by atoms with Gasteiger partial charge in [0, 0.05) is 42.2 Å². The van der Waals surface area contributed by atoms with E-state index in [1.54, 1.807) is 23.1 Å². The largest absolute Gasteiger partial charge is 0.344 e. The predicted molar refractivity (Wildman–Crippen MR) is 187 cm³/mol. The van der Waals surface area contributed by atoms with E-state index >= 15 is 4.39 Å². The smallest absolute Gasteiger partial charge is 0.254 e. The van der Waals surface area contributed by atoms with Crippen molar-refractivity contribution < 1.29 is 14.0 Å². The number of aryl methyl sites for hydroxylation is 2. The van der Waals surface area contributed by atoms with Gasteiger partial charge in [-0.2, -0.15) is 0 Å². The summed E-state index contributed by atoms with van der Waals surface area (Å²) < 4.78 is 20.4. The third-order valence-corrected chi connectivity index (χ3v) is 10.6. The molecule has 6 heterocycles. The lowest BCUT2D eigenvalue weighted by molar-refractivity contribution is 0.0612. The zero-order valence-electron chi connectivity index (χ0n) is 27.8. The quantitative estimate of drug-likeness (QED) is 0.203. The van der Waals surface area contributed by atoms with E-state index in [0.717, 1.165) is 67.4 Å². The number of benzene rings is 1. The van der Waals surface area contributed by atoms with Crippen LogP contribution >= 0.6 is 11.6 Å². The Labute approximate surface area is 288 Å². The van der Waals surface area contributed by atoms with Crippen molar-refractivity contribution >= 4 is 45.5 Å². The Hall–Kier alpha value is -4.35. The first-order valence-corrected chi connectivity index (χ1v) is 17.8. The second-order valence-corrected chi connectivity index (χ2v) is 14.4. The maximum Gasteiger partial charge on any atom is 0.254 e. The van der Waals surface area contributed by atoms with Gasteiger partial charge in [-0.15, -0.1) is 0 Å². The monoisotopic (exact) mass is 682 g/mol. The normalized spacial score (nSPS) is 21.9. The number of halogens is 2. The maximum absolute atomic E-state index is 16.2. The molecule has 2 fully saturated rings. The number of hydrogen-bond donors (Lipinski definition) is 2. The van der Waals surface area contributed by atoms with Crippen molar-refractivity contribution in [3.05, 3.63) is 75.9 Å². The second-order valence-electron chi connectivity index (χ2n) is 14.0. The van der Waals surface area contributed by atoms with E-state index in [2.05, 4.69) is 20.9 Å². The Morgan fingerprint density at radius 1 is 1.00 bits per heavy atom. The van der Waals surface area contributed by atoms with E-state index < -0.39 is 5.82 Å². The van der Waals surface area contributed by atoms with Gasteiger partial charge < -0.3 is 25.1 Å². The second kappa shape index (κ2) is 12.5. The number of nitrogens with two attached hydrogens (primary N) is 1. The van der Waals surface area contributed by atoms with E-state index in [4.69, 9.17) is 27.3 Å². The molecule has 5 aromatic rings. The van der Waals surface area contributed by atoms with Crippen LogP contribution in [0.15, 0.2) is 42.5 Å². The molecule has 254 valence electrons. The Balaban J connectivity index is 1.21. The first kappa shape index (κ1) is 31.9. The van der Waals surface area contributed by atoms with E-state index in [0.29, 0.717) is 58.3 Å². The number of piperidine rings is 1. The minimum atomic E-state index is -0.448. The van der Waals surface area contributed by atoms with Crippen molar-refractivity contribution in [3.63, 3.8) is 0 Å². The molecule has 0 unspecified atom stereocenters. The average Bonchev–Trinajstić information content (AvgIpc) is 3.75. The third kappa shape index (κ3) is 5.86. The van der Waals surface area contributed by atoms with Crippen LogP contribution in [0.4, 0.5) is 4.39 Å². The van der Waals surface area contributed by atoms with Crippen molar-refractivity contribution in [1.29, 1.82) is 0 Å². The number of hydrogen-bond acceptors (Lipinski definition) is 6. The molecule has 4 aromatic heterocycles. The summed E-state index contributed by atoms with van der Waals surface area (Å²) in [5.74, 6) is -0.204. The summed E-state index contributed by atoms with van der Waals surface area (Å²) in [7, 11) is 0. The summed E-state index contributed by atoms with van der Waals surface area (Å²) >= 11 is 6.22. The molecule has 3 N–H and O–H groups in total. The lowest BCUT2D eigenvalue weighted by Crippen LogP contribution is -2.50. The van der Waals surface area contributed by atoms with Gasteiger partial charge in [0.2, 0.25) is 0 Å². The molecule has 2 aliphatic heterocycles. The average molecular weight is 683 g/mol. The van der Waals surface area contributed by atoms with Crippen molar-refractivity contribution in [1.82, 2.24) is 34.3 Å². The van der Waals surface area contributed by atoms with Crippen LogP contribution < -0.4 is 11.1 Å². The third-order valence-electron chi connectivity index (χ3n) is 10.3. The molecule has 0 spiro atoms. The number of imidazole rings is 1. The van der Waals surface area contributed by atoms with Crippen LogP contribution in [-0.4, -0.2) is 59.4 Å². The predicted octanol–water partition coefficient (Wildman–Crippen LogP) is 6.74. The zero-order valence-corrected chi connectivity index (χ0v) is 28.5. The standard InChI is InChI=1S/C37H40ClFN8O2/c1-20-7-9-24(40)19-46(20)37(49)23-16-27(39)33-30(17-23)44-35(47(33)25-10-11-25)31-18-22-8-13-28-21(2)41-36(48)26-12-14-32(38)42-29(26)6-4-3-5-15-45(31)34(22)43-28/h8,12-14,16-18,20-21,24-25H,3-7,9-11,15,19,40H2,1-2H3,(H,41,48)/t20-,21+,24+/m0/s1. The molecule has 1 saturated heterocycles. The number of nitrogens with one attached hydrogen (secondary N) is 1. The molecule has 1 aliphatic carbocycles.